The lowest BCUT2D eigenvalue weighted by Crippen LogP contribution is -2.31. The molecule has 19 heavy (non-hydrogen) atoms. The summed E-state index contributed by atoms with van der Waals surface area (Å²) in [5, 5.41) is 19.9. The maximum absolute atomic E-state index is 9.69. The second kappa shape index (κ2) is 5.32. The first kappa shape index (κ1) is 14.0. The van der Waals surface area contributed by atoms with Crippen molar-refractivity contribution in [1.29, 1.82) is 5.26 Å². The van der Waals surface area contributed by atoms with Gasteiger partial charge in [0.2, 0.25) is 0 Å². The van der Waals surface area contributed by atoms with E-state index in [4.69, 9.17) is 0 Å². The Balaban J connectivity index is 2.54. The van der Waals surface area contributed by atoms with Gasteiger partial charge >= 0.3 is 0 Å². The Hall–Kier alpha value is -1.38. The molecule has 0 saturated carbocycles. The smallest absolute Gasteiger partial charge is 0.136 e. The lowest BCUT2D eigenvalue weighted by Gasteiger charge is -2.32. The first-order chi connectivity index (χ1) is 9.01. The molecule has 1 aliphatic rings. The van der Waals surface area contributed by atoms with Gasteiger partial charge in [-0.05, 0) is 24.8 Å². The molecule has 2 rings (SSSR count). The third kappa shape index (κ3) is 2.51. The van der Waals surface area contributed by atoms with Crippen LogP contribution in [-0.4, -0.2) is 37.0 Å². The largest absolute Gasteiger partial charge is 0.395 e. The molecule has 1 aliphatic carbocycles. The van der Waals surface area contributed by atoms with Crippen molar-refractivity contribution in [1.82, 2.24) is 4.90 Å². The molecule has 0 unspecified atom stereocenters. The van der Waals surface area contributed by atoms with Crippen molar-refractivity contribution in [2.75, 3.05) is 20.7 Å². The number of rotatable bonds is 3. The minimum Gasteiger partial charge on any atom is -0.395 e. The molecule has 1 heterocycles. The van der Waals surface area contributed by atoms with Crippen LogP contribution in [0.15, 0.2) is 4.99 Å². The number of hydrogen-bond donors (Lipinski definition) is 1. The maximum Gasteiger partial charge on any atom is 0.136 e. The van der Waals surface area contributed by atoms with Gasteiger partial charge in [-0.1, -0.05) is 6.92 Å². The van der Waals surface area contributed by atoms with Crippen molar-refractivity contribution in [3.63, 3.8) is 0 Å². The van der Waals surface area contributed by atoms with E-state index in [0.717, 1.165) is 29.8 Å². The summed E-state index contributed by atoms with van der Waals surface area (Å²) in [5.74, 6) is 0. The van der Waals surface area contributed by atoms with Crippen LogP contribution in [-0.2, 0) is 11.8 Å². The fourth-order valence-electron chi connectivity index (χ4n) is 2.56. The molecule has 0 aromatic carbocycles. The molecule has 0 spiro atoms. The van der Waals surface area contributed by atoms with Gasteiger partial charge in [-0.15, -0.1) is 11.3 Å². The molecule has 5 heteroatoms. The van der Waals surface area contributed by atoms with Crippen LogP contribution in [0.5, 0.6) is 0 Å². The summed E-state index contributed by atoms with van der Waals surface area (Å²) in [6.07, 6.45) is 4.70. The normalized spacial score (nSPS) is 22.3. The lowest BCUT2D eigenvalue weighted by molar-refractivity contribution is 0.189. The van der Waals surface area contributed by atoms with Crippen LogP contribution in [0.3, 0.4) is 0 Å². The highest BCUT2D eigenvalue weighted by Crippen LogP contribution is 2.47. The highest BCUT2D eigenvalue weighted by atomic mass is 32.1. The summed E-state index contributed by atoms with van der Waals surface area (Å²) in [7, 11) is 3.81. The van der Waals surface area contributed by atoms with E-state index in [2.05, 4.69) is 11.1 Å². The summed E-state index contributed by atoms with van der Waals surface area (Å²) >= 11 is 1.59. The minimum absolute atomic E-state index is 0.0856. The second-order valence-corrected chi connectivity index (χ2v) is 6.56. The van der Waals surface area contributed by atoms with Gasteiger partial charge in [-0.3, -0.25) is 0 Å². The van der Waals surface area contributed by atoms with Crippen molar-refractivity contribution < 1.29 is 5.11 Å². The SMILES string of the molecule is CN(C)C=Nc1sc2c(c1C#N)[C@@](C)(CO)CCC2. The van der Waals surface area contributed by atoms with Crippen molar-refractivity contribution in [2.45, 2.75) is 31.6 Å². The summed E-state index contributed by atoms with van der Waals surface area (Å²) in [6, 6.07) is 2.28. The van der Waals surface area contributed by atoms with Gasteiger partial charge in [0.1, 0.15) is 11.1 Å². The van der Waals surface area contributed by atoms with Crippen LogP contribution in [0.2, 0.25) is 0 Å². The van der Waals surface area contributed by atoms with Crippen LogP contribution < -0.4 is 0 Å². The zero-order valence-electron chi connectivity index (χ0n) is 11.6. The second-order valence-electron chi connectivity index (χ2n) is 5.47. The Morgan fingerprint density at radius 2 is 2.32 bits per heavy atom. The number of thiophene rings is 1. The van der Waals surface area contributed by atoms with Crippen LogP contribution in [0.1, 0.15) is 35.8 Å². The molecule has 1 aromatic heterocycles. The van der Waals surface area contributed by atoms with Crippen LogP contribution >= 0.6 is 11.3 Å². The first-order valence-corrected chi connectivity index (χ1v) is 7.21. The molecule has 102 valence electrons. The zero-order valence-corrected chi connectivity index (χ0v) is 12.4. The third-order valence-electron chi connectivity index (χ3n) is 3.57. The van der Waals surface area contributed by atoms with Crippen LogP contribution in [0, 0.1) is 11.3 Å². The fourth-order valence-corrected chi connectivity index (χ4v) is 3.84. The quantitative estimate of drug-likeness (QED) is 0.682. The topological polar surface area (TPSA) is 59.6 Å². The molecule has 1 atom stereocenters. The van der Waals surface area contributed by atoms with Gasteiger partial charge in [0.05, 0.1) is 18.5 Å². The Morgan fingerprint density at radius 3 is 2.89 bits per heavy atom. The summed E-state index contributed by atoms with van der Waals surface area (Å²) in [4.78, 5) is 7.46. The summed E-state index contributed by atoms with van der Waals surface area (Å²) in [5.41, 5.74) is 1.38. The lowest BCUT2D eigenvalue weighted by atomic mass is 9.73. The molecule has 1 N–H and O–H groups in total. The Bertz CT molecular complexity index is 542. The average molecular weight is 277 g/mol. The van der Waals surface area contributed by atoms with Crippen LogP contribution in [0.4, 0.5) is 5.00 Å². The van der Waals surface area contributed by atoms with E-state index in [-0.39, 0.29) is 12.0 Å². The highest BCUT2D eigenvalue weighted by molar-refractivity contribution is 7.16. The molecule has 0 aliphatic heterocycles. The molecule has 4 nitrogen and oxygen atoms in total. The number of fused-ring (bicyclic) bond motifs is 1. The Morgan fingerprint density at radius 1 is 1.58 bits per heavy atom. The molecular formula is C14H19N3OS. The van der Waals surface area contributed by atoms with Crippen LogP contribution in [0.25, 0.3) is 0 Å². The fraction of sp³-hybridized carbons (Fsp3) is 0.571. The van der Waals surface area contributed by atoms with Crippen molar-refractivity contribution in [3.05, 3.63) is 16.0 Å². The third-order valence-corrected chi connectivity index (χ3v) is 4.72. The van der Waals surface area contributed by atoms with Crippen molar-refractivity contribution in [2.24, 2.45) is 4.99 Å². The predicted molar refractivity (Wildman–Crippen MR) is 78.2 cm³/mol. The summed E-state index contributed by atoms with van der Waals surface area (Å²) < 4.78 is 0. The molecule has 0 saturated heterocycles. The Labute approximate surface area is 118 Å². The van der Waals surface area contributed by atoms with E-state index in [9.17, 15) is 10.4 Å². The van der Waals surface area contributed by atoms with Gasteiger partial charge in [0.15, 0.2) is 0 Å². The maximum atomic E-state index is 9.69. The number of aliphatic hydroxyl groups excluding tert-OH is 1. The minimum atomic E-state index is -0.291. The standard InChI is InChI=1S/C14H19N3OS/c1-14(8-18)6-4-5-11-12(14)10(7-15)13(19-11)16-9-17(2)3/h9,18H,4-6,8H2,1-3H3/t14-/m1/s1. The molecule has 1 aromatic rings. The van der Waals surface area contributed by atoms with Crippen molar-refractivity contribution in [3.8, 4) is 6.07 Å². The number of aliphatic hydroxyl groups is 1. The van der Waals surface area contributed by atoms with E-state index < -0.39 is 0 Å². The van der Waals surface area contributed by atoms with Gasteiger partial charge in [0, 0.05) is 24.4 Å². The van der Waals surface area contributed by atoms with Crippen molar-refractivity contribution >= 4 is 22.7 Å². The highest BCUT2D eigenvalue weighted by Gasteiger charge is 2.36. The molecule has 0 amide bonds. The predicted octanol–water partition coefficient (Wildman–Crippen LogP) is 2.43. The molecular weight excluding hydrogens is 258 g/mol. The van der Waals surface area contributed by atoms with Gasteiger partial charge in [0.25, 0.3) is 0 Å². The number of aryl methyl sites for hydroxylation is 1. The van der Waals surface area contributed by atoms with E-state index >= 15 is 0 Å². The number of aliphatic imine (C=N–C) groups is 1. The zero-order chi connectivity index (χ0) is 14.0. The number of nitrogens with zero attached hydrogens (tertiary/aromatic N) is 3. The molecule has 0 bridgehead atoms. The monoisotopic (exact) mass is 277 g/mol. The number of nitriles is 1. The molecule has 0 fully saturated rings. The number of hydrogen-bond acceptors (Lipinski definition) is 4. The average Bonchev–Trinajstić information content (AvgIpc) is 2.75. The van der Waals surface area contributed by atoms with E-state index in [1.54, 1.807) is 17.7 Å². The first-order valence-electron chi connectivity index (χ1n) is 6.39. The van der Waals surface area contributed by atoms with E-state index in [0.29, 0.717) is 5.56 Å². The molecule has 0 radical (unpaired) electrons. The van der Waals surface area contributed by atoms with Gasteiger partial charge in [-0.25, -0.2) is 4.99 Å². The van der Waals surface area contributed by atoms with Gasteiger partial charge < -0.3 is 10.0 Å². The van der Waals surface area contributed by atoms with E-state index in [1.807, 2.05) is 25.9 Å². The summed E-state index contributed by atoms with van der Waals surface area (Å²) in [6.45, 7) is 2.13. The van der Waals surface area contributed by atoms with Gasteiger partial charge in [-0.2, -0.15) is 5.26 Å². The Kier molecular flexibility index (Phi) is 3.93. The van der Waals surface area contributed by atoms with E-state index in [1.165, 1.54) is 4.88 Å².